The molecule has 21 heavy (non-hydrogen) atoms. The van der Waals surface area contributed by atoms with Crippen LogP contribution in [0.5, 0.6) is 0 Å². The summed E-state index contributed by atoms with van der Waals surface area (Å²) in [6.07, 6.45) is 1.60. The number of aromatic nitrogens is 1. The molecule has 4 heteroatoms. The van der Waals surface area contributed by atoms with Gasteiger partial charge in [-0.1, -0.05) is 23.7 Å². The highest BCUT2D eigenvalue weighted by Crippen LogP contribution is 2.35. The van der Waals surface area contributed by atoms with Gasteiger partial charge >= 0.3 is 0 Å². The fraction of sp³-hybridized carbons (Fsp3) is 0. The van der Waals surface area contributed by atoms with Gasteiger partial charge in [0.1, 0.15) is 17.0 Å². The summed E-state index contributed by atoms with van der Waals surface area (Å²) in [5.41, 5.74) is 2.87. The van der Waals surface area contributed by atoms with Gasteiger partial charge in [-0.3, -0.25) is 4.98 Å². The molecule has 0 saturated heterocycles. The SMILES string of the molecule is Fc1ccc2c(c1)oc1c(-c3ccc(Cl)cn3)cccc12. The van der Waals surface area contributed by atoms with Crippen molar-refractivity contribution in [2.75, 3.05) is 0 Å². The van der Waals surface area contributed by atoms with Crippen molar-refractivity contribution < 1.29 is 8.81 Å². The predicted octanol–water partition coefficient (Wildman–Crippen LogP) is 5.44. The molecule has 0 amide bonds. The van der Waals surface area contributed by atoms with E-state index in [0.717, 1.165) is 22.0 Å². The van der Waals surface area contributed by atoms with E-state index in [0.29, 0.717) is 16.2 Å². The van der Waals surface area contributed by atoms with Crippen LogP contribution in [0.15, 0.2) is 59.1 Å². The largest absolute Gasteiger partial charge is 0.455 e. The molecule has 0 saturated carbocycles. The summed E-state index contributed by atoms with van der Waals surface area (Å²) < 4.78 is 19.2. The van der Waals surface area contributed by atoms with Crippen molar-refractivity contribution in [3.8, 4) is 11.3 Å². The highest BCUT2D eigenvalue weighted by molar-refractivity contribution is 6.30. The number of benzene rings is 2. The number of furan rings is 1. The minimum atomic E-state index is -0.312. The first-order chi connectivity index (χ1) is 10.2. The van der Waals surface area contributed by atoms with Crippen LogP contribution < -0.4 is 0 Å². The van der Waals surface area contributed by atoms with E-state index in [1.165, 1.54) is 12.1 Å². The molecule has 0 atom stereocenters. The molecule has 0 N–H and O–H groups in total. The second-order valence-corrected chi connectivity index (χ2v) is 5.22. The Morgan fingerprint density at radius 2 is 1.90 bits per heavy atom. The number of nitrogens with zero attached hydrogens (tertiary/aromatic N) is 1. The van der Waals surface area contributed by atoms with Crippen LogP contribution in [0.2, 0.25) is 5.02 Å². The molecule has 2 heterocycles. The van der Waals surface area contributed by atoms with Crippen molar-refractivity contribution >= 4 is 33.5 Å². The topological polar surface area (TPSA) is 26.0 Å². The lowest BCUT2D eigenvalue weighted by Gasteiger charge is -2.01. The van der Waals surface area contributed by atoms with Crippen LogP contribution in [-0.2, 0) is 0 Å². The molecule has 0 aliphatic rings. The Hall–Kier alpha value is -2.39. The van der Waals surface area contributed by atoms with E-state index < -0.39 is 0 Å². The van der Waals surface area contributed by atoms with E-state index in [-0.39, 0.29) is 5.82 Å². The van der Waals surface area contributed by atoms with Crippen LogP contribution in [0.3, 0.4) is 0 Å². The van der Waals surface area contributed by atoms with Gasteiger partial charge in [-0.25, -0.2) is 4.39 Å². The summed E-state index contributed by atoms with van der Waals surface area (Å²) in [6.45, 7) is 0. The van der Waals surface area contributed by atoms with Gasteiger partial charge in [-0.05, 0) is 30.3 Å². The number of hydrogen-bond donors (Lipinski definition) is 0. The van der Waals surface area contributed by atoms with Gasteiger partial charge in [0.15, 0.2) is 0 Å². The van der Waals surface area contributed by atoms with E-state index in [4.69, 9.17) is 16.0 Å². The number of para-hydroxylation sites is 1. The average molecular weight is 298 g/mol. The van der Waals surface area contributed by atoms with Crippen molar-refractivity contribution in [2.45, 2.75) is 0 Å². The van der Waals surface area contributed by atoms with Crippen LogP contribution >= 0.6 is 11.6 Å². The summed E-state index contributed by atoms with van der Waals surface area (Å²) >= 11 is 5.87. The maximum atomic E-state index is 13.3. The lowest BCUT2D eigenvalue weighted by atomic mass is 10.1. The molecule has 102 valence electrons. The Labute approximate surface area is 124 Å². The van der Waals surface area contributed by atoms with Gasteiger partial charge in [0.2, 0.25) is 0 Å². The van der Waals surface area contributed by atoms with Crippen LogP contribution in [0.25, 0.3) is 33.2 Å². The molecule has 0 spiro atoms. The van der Waals surface area contributed by atoms with Crippen LogP contribution in [0, 0.1) is 5.82 Å². The maximum absolute atomic E-state index is 13.3. The minimum Gasteiger partial charge on any atom is -0.455 e. The molecular formula is C17H9ClFNO. The van der Waals surface area contributed by atoms with Crippen molar-refractivity contribution in [2.24, 2.45) is 0 Å². The maximum Gasteiger partial charge on any atom is 0.144 e. The molecule has 2 aromatic heterocycles. The highest BCUT2D eigenvalue weighted by atomic mass is 35.5. The smallest absolute Gasteiger partial charge is 0.144 e. The number of hydrogen-bond acceptors (Lipinski definition) is 2. The monoisotopic (exact) mass is 297 g/mol. The molecule has 2 nitrogen and oxygen atoms in total. The Morgan fingerprint density at radius 3 is 2.71 bits per heavy atom. The third kappa shape index (κ3) is 1.98. The summed E-state index contributed by atoms with van der Waals surface area (Å²) in [4.78, 5) is 4.32. The number of pyridine rings is 1. The van der Waals surface area contributed by atoms with Gasteiger partial charge in [0, 0.05) is 28.6 Å². The normalized spacial score (nSPS) is 11.3. The van der Waals surface area contributed by atoms with Crippen molar-refractivity contribution in [1.29, 1.82) is 0 Å². The molecule has 0 aliphatic heterocycles. The van der Waals surface area contributed by atoms with Crippen LogP contribution in [0.4, 0.5) is 4.39 Å². The van der Waals surface area contributed by atoms with E-state index in [1.54, 1.807) is 18.3 Å². The van der Waals surface area contributed by atoms with Gasteiger partial charge in [-0.2, -0.15) is 0 Å². The molecule has 0 unspecified atom stereocenters. The van der Waals surface area contributed by atoms with Gasteiger partial charge in [-0.15, -0.1) is 0 Å². The van der Waals surface area contributed by atoms with Crippen molar-refractivity contribution in [3.63, 3.8) is 0 Å². The Balaban J connectivity index is 2.06. The molecule has 4 aromatic rings. The molecule has 2 aromatic carbocycles. The van der Waals surface area contributed by atoms with Crippen LogP contribution in [-0.4, -0.2) is 4.98 Å². The second-order valence-electron chi connectivity index (χ2n) is 4.79. The number of fused-ring (bicyclic) bond motifs is 3. The summed E-state index contributed by atoms with van der Waals surface area (Å²) in [5.74, 6) is -0.312. The highest BCUT2D eigenvalue weighted by Gasteiger charge is 2.13. The van der Waals surface area contributed by atoms with E-state index in [9.17, 15) is 4.39 Å². The number of rotatable bonds is 1. The van der Waals surface area contributed by atoms with Crippen molar-refractivity contribution in [1.82, 2.24) is 4.98 Å². The lowest BCUT2D eigenvalue weighted by molar-refractivity contribution is 0.618. The van der Waals surface area contributed by atoms with E-state index >= 15 is 0 Å². The van der Waals surface area contributed by atoms with Gasteiger partial charge in [0.25, 0.3) is 0 Å². The fourth-order valence-electron chi connectivity index (χ4n) is 2.51. The third-order valence-corrected chi connectivity index (χ3v) is 3.69. The summed E-state index contributed by atoms with van der Waals surface area (Å²) in [6, 6.07) is 14.0. The first-order valence-corrected chi connectivity index (χ1v) is 6.83. The fourth-order valence-corrected chi connectivity index (χ4v) is 2.62. The van der Waals surface area contributed by atoms with Gasteiger partial charge in [0.05, 0.1) is 10.7 Å². The average Bonchev–Trinajstić information content (AvgIpc) is 2.85. The molecular weight excluding hydrogens is 289 g/mol. The second kappa shape index (κ2) is 4.57. The van der Waals surface area contributed by atoms with E-state index in [1.807, 2.05) is 24.3 Å². The first-order valence-electron chi connectivity index (χ1n) is 6.45. The first kappa shape index (κ1) is 12.4. The standard InChI is InChI=1S/C17H9ClFNO/c18-10-4-7-15(20-9-10)14-3-1-2-13-12-6-5-11(19)8-16(12)21-17(13)14/h1-9H. The summed E-state index contributed by atoms with van der Waals surface area (Å²) in [7, 11) is 0. The minimum absolute atomic E-state index is 0.312. The molecule has 0 aliphatic carbocycles. The van der Waals surface area contributed by atoms with Crippen molar-refractivity contribution in [3.05, 3.63) is 65.6 Å². The zero-order valence-electron chi connectivity index (χ0n) is 10.8. The third-order valence-electron chi connectivity index (χ3n) is 3.46. The Morgan fingerprint density at radius 1 is 1.00 bits per heavy atom. The summed E-state index contributed by atoms with van der Waals surface area (Å²) in [5, 5.41) is 2.42. The Bertz CT molecular complexity index is 960. The Kier molecular flexibility index (Phi) is 2.69. The zero-order valence-corrected chi connectivity index (χ0v) is 11.6. The lowest BCUT2D eigenvalue weighted by Crippen LogP contribution is -1.83. The quantitative estimate of drug-likeness (QED) is 0.467. The molecule has 4 rings (SSSR count). The number of halogens is 2. The van der Waals surface area contributed by atoms with Gasteiger partial charge < -0.3 is 4.42 Å². The van der Waals surface area contributed by atoms with E-state index in [2.05, 4.69) is 4.98 Å². The molecule has 0 bridgehead atoms. The van der Waals surface area contributed by atoms with Crippen LogP contribution in [0.1, 0.15) is 0 Å². The zero-order chi connectivity index (χ0) is 14.4. The molecule has 0 fully saturated rings. The molecule has 0 radical (unpaired) electrons. The predicted molar refractivity (Wildman–Crippen MR) is 81.9 cm³/mol.